The van der Waals surface area contributed by atoms with Crippen molar-refractivity contribution in [2.24, 2.45) is 11.1 Å². The lowest BCUT2D eigenvalue weighted by molar-refractivity contribution is 0.238. The lowest BCUT2D eigenvalue weighted by atomic mass is 10.0. The molecule has 21 heavy (non-hydrogen) atoms. The van der Waals surface area contributed by atoms with Gasteiger partial charge in [-0.1, -0.05) is 12.1 Å². The van der Waals surface area contributed by atoms with Crippen molar-refractivity contribution in [1.82, 2.24) is 4.98 Å². The second-order valence-electron chi connectivity index (χ2n) is 5.92. The maximum absolute atomic E-state index is 5.90. The van der Waals surface area contributed by atoms with E-state index in [-0.39, 0.29) is 5.41 Å². The third kappa shape index (κ3) is 3.00. The van der Waals surface area contributed by atoms with Crippen LogP contribution >= 0.6 is 0 Å². The predicted octanol–water partition coefficient (Wildman–Crippen LogP) is 2.76. The van der Waals surface area contributed by atoms with Crippen LogP contribution in [0.4, 0.5) is 5.69 Å². The Bertz CT molecular complexity index is 633. The summed E-state index contributed by atoms with van der Waals surface area (Å²) in [4.78, 5) is 4.44. The highest BCUT2D eigenvalue weighted by molar-refractivity contribution is 5.68. The van der Waals surface area contributed by atoms with E-state index >= 15 is 0 Å². The van der Waals surface area contributed by atoms with Crippen LogP contribution < -0.4 is 16.2 Å². The summed E-state index contributed by atoms with van der Waals surface area (Å²) in [6.45, 7) is 3.37. The van der Waals surface area contributed by atoms with Gasteiger partial charge in [0.25, 0.3) is 0 Å². The molecule has 4 nitrogen and oxygen atoms in total. The smallest absolute Gasteiger partial charge is 0.138 e. The van der Waals surface area contributed by atoms with Crippen LogP contribution in [0.1, 0.15) is 18.5 Å². The highest BCUT2D eigenvalue weighted by atomic mass is 16.5. The highest BCUT2D eigenvalue weighted by Crippen LogP contribution is 2.44. The van der Waals surface area contributed by atoms with Crippen molar-refractivity contribution in [3.05, 3.63) is 42.2 Å². The Labute approximate surface area is 125 Å². The Hall–Kier alpha value is -2.07. The summed E-state index contributed by atoms with van der Waals surface area (Å²) >= 11 is 0. The van der Waals surface area contributed by atoms with E-state index in [2.05, 4.69) is 4.98 Å². The van der Waals surface area contributed by atoms with E-state index in [0.717, 1.165) is 41.1 Å². The molecule has 0 bridgehead atoms. The van der Waals surface area contributed by atoms with Crippen molar-refractivity contribution in [3.8, 4) is 16.9 Å². The van der Waals surface area contributed by atoms with Crippen molar-refractivity contribution in [1.29, 1.82) is 0 Å². The van der Waals surface area contributed by atoms with E-state index in [1.165, 1.54) is 0 Å². The van der Waals surface area contributed by atoms with Gasteiger partial charge < -0.3 is 16.2 Å². The molecule has 0 saturated heterocycles. The zero-order valence-corrected chi connectivity index (χ0v) is 12.3. The van der Waals surface area contributed by atoms with Crippen molar-refractivity contribution >= 4 is 5.69 Å². The molecular weight excluding hydrogens is 262 g/mol. The third-order valence-corrected chi connectivity index (χ3v) is 4.22. The van der Waals surface area contributed by atoms with Crippen LogP contribution in [0, 0.1) is 12.3 Å². The molecule has 3 rings (SSSR count). The Morgan fingerprint density at radius 2 is 1.95 bits per heavy atom. The quantitative estimate of drug-likeness (QED) is 0.827. The van der Waals surface area contributed by atoms with E-state index in [9.17, 15) is 0 Å². The molecule has 0 atom stereocenters. The zero-order valence-electron chi connectivity index (χ0n) is 12.3. The van der Waals surface area contributed by atoms with Crippen LogP contribution in [-0.4, -0.2) is 18.1 Å². The van der Waals surface area contributed by atoms with Gasteiger partial charge in [-0.2, -0.15) is 0 Å². The Morgan fingerprint density at radius 1 is 1.24 bits per heavy atom. The maximum atomic E-state index is 5.90. The number of nitrogen functional groups attached to an aromatic ring is 1. The topological polar surface area (TPSA) is 74.2 Å². The molecule has 0 radical (unpaired) electrons. The Kier molecular flexibility index (Phi) is 3.55. The van der Waals surface area contributed by atoms with Crippen LogP contribution in [0.2, 0.25) is 0 Å². The number of nitrogens with zero attached hydrogens (tertiary/aromatic N) is 1. The van der Waals surface area contributed by atoms with Crippen LogP contribution in [-0.2, 0) is 0 Å². The second-order valence-corrected chi connectivity index (χ2v) is 5.92. The fourth-order valence-electron chi connectivity index (χ4n) is 2.37. The van der Waals surface area contributed by atoms with Gasteiger partial charge in [0.15, 0.2) is 0 Å². The summed E-state index contributed by atoms with van der Waals surface area (Å²) in [5.74, 6) is 0.798. The first kappa shape index (κ1) is 13.9. The molecule has 2 aromatic rings. The molecule has 0 unspecified atom stereocenters. The number of pyridine rings is 1. The molecule has 4 heteroatoms. The van der Waals surface area contributed by atoms with E-state index in [1.54, 1.807) is 6.20 Å². The molecule has 1 heterocycles. The van der Waals surface area contributed by atoms with Gasteiger partial charge in [0.2, 0.25) is 0 Å². The molecule has 1 aliphatic carbocycles. The molecule has 0 amide bonds. The number of nitrogens with two attached hydrogens (primary N) is 2. The Balaban J connectivity index is 1.81. The average molecular weight is 283 g/mol. The SMILES string of the molecule is Cc1ncc(OCC2(CN)CC2)cc1-c1ccc(N)cc1. The molecular formula is C17H21N3O. The molecule has 1 aliphatic rings. The zero-order chi connectivity index (χ0) is 14.9. The second kappa shape index (κ2) is 5.37. The van der Waals surface area contributed by atoms with Crippen molar-refractivity contribution in [2.45, 2.75) is 19.8 Å². The number of aromatic nitrogens is 1. The van der Waals surface area contributed by atoms with Gasteiger partial charge in [-0.25, -0.2) is 0 Å². The first-order valence-electron chi connectivity index (χ1n) is 7.27. The van der Waals surface area contributed by atoms with E-state index in [4.69, 9.17) is 16.2 Å². The number of rotatable bonds is 5. The number of benzene rings is 1. The predicted molar refractivity (Wildman–Crippen MR) is 85.0 cm³/mol. The summed E-state index contributed by atoms with van der Waals surface area (Å²) in [5.41, 5.74) is 15.6. The highest BCUT2D eigenvalue weighted by Gasteiger charge is 2.42. The average Bonchev–Trinajstić information content (AvgIpc) is 3.28. The largest absolute Gasteiger partial charge is 0.491 e. The van der Waals surface area contributed by atoms with Crippen molar-refractivity contribution in [2.75, 3.05) is 18.9 Å². The normalized spacial score (nSPS) is 15.7. The van der Waals surface area contributed by atoms with Crippen LogP contribution in [0.25, 0.3) is 11.1 Å². The van der Waals surface area contributed by atoms with Gasteiger partial charge in [0.1, 0.15) is 5.75 Å². The Morgan fingerprint density at radius 3 is 2.57 bits per heavy atom. The van der Waals surface area contributed by atoms with Gasteiger partial charge in [-0.05, 0) is 43.5 Å². The third-order valence-electron chi connectivity index (χ3n) is 4.22. The summed E-state index contributed by atoms with van der Waals surface area (Å²) in [6, 6.07) is 9.85. The number of hydrogen-bond acceptors (Lipinski definition) is 4. The molecule has 110 valence electrons. The van der Waals surface area contributed by atoms with Gasteiger partial charge in [0.05, 0.1) is 12.8 Å². The summed E-state index contributed by atoms with van der Waals surface area (Å²) in [5, 5.41) is 0. The van der Waals surface area contributed by atoms with Gasteiger partial charge in [-0.15, -0.1) is 0 Å². The van der Waals surface area contributed by atoms with Crippen LogP contribution in [0.15, 0.2) is 36.5 Å². The minimum atomic E-state index is 0.201. The van der Waals surface area contributed by atoms with Crippen molar-refractivity contribution < 1.29 is 4.74 Å². The number of aryl methyl sites for hydroxylation is 1. The summed E-state index contributed by atoms with van der Waals surface area (Å²) < 4.78 is 5.90. The van der Waals surface area contributed by atoms with E-state index < -0.39 is 0 Å². The molecule has 0 aliphatic heterocycles. The molecule has 1 saturated carbocycles. The van der Waals surface area contributed by atoms with E-state index in [0.29, 0.717) is 13.2 Å². The lowest BCUT2D eigenvalue weighted by Gasteiger charge is -2.15. The fourth-order valence-corrected chi connectivity index (χ4v) is 2.37. The summed E-state index contributed by atoms with van der Waals surface area (Å²) in [7, 11) is 0. The molecule has 0 spiro atoms. The lowest BCUT2D eigenvalue weighted by Crippen LogP contribution is -2.22. The van der Waals surface area contributed by atoms with Crippen LogP contribution in [0.5, 0.6) is 5.75 Å². The van der Waals surface area contributed by atoms with Gasteiger partial charge in [0, 0.05) is 28.9 Å². The van der Waals surface area contributed by atoms with Gasteiger partial charge in [-0.3, -0.25) is 4.98 Å². The number of ether oxygens (including phenoxy) is 1. The standard InChI is InChI=1S/C17H21N3O/c1-12-16(13-2-4-14(19)5-3-13)8-15(9-20-12)21-11-17(10-18)6-7-17/h2-5,8-9H,6-7,10-11,18-19H2,1H3. The molecule has 1 aromatic heterocycles. The molecule has 4 N–H and O–H groups in total. The summed E-state index contributed by atoms with van der Waals surface area (Å²) in [6.07, 6.45) is 4.10. The minimum absolute atomic E-state index is 0.201. The van der Waals surface area contributed by atoms with E-state index in [1.807, 2.05) is 37.3 Å². The van der Waals surface area contributed by atoms with Crippen molar-refractivity contribution in [3.63, 3.8) is 0 Å². The first-order chi connectivity index (χ1) is 10.1. The maximum Gasteiger partial charge on any atom is 0.138 e. The molecule has 1 fully saturated rings. The molecule has 1 aromatic carbocycles. The van der Waals surface area contributed by atoms with Crippen LogP contribution in [0.3, 0.4) is 0 Å². The number of hydrogen-bond donors (Lipinski definition) is 2. The first-order valence-corrected chi connectivity index (χ1v) is 7.27. The minimum Gasteiger partial charge on any atom is -0.491 e. The van der Waals surface area contributed by atoms with Gasteiger partial charge >= 0.3 is 0 Å². The fraction of sp³-hybridized carbons (Fsp3) is 0.353. The number of anilines is 1. The monoisotopic (exact) mass is 283 g/mol.